The number of hydrogen-bond acceptors (Lipinski definition) is 6. The molecular weight excluding hydrogens is 394 g/mol. The minimum Gasteiger partial charge on any atom is -0.308 e. The Balaban J connectivity index is 1.80. The molecule has 142 valence electrons. The molecule has 1 heterocycles. The van der Waals surface area contributed by atoms with E-state index in [9.17, 15) is 4.79 Å². The van der Waals surface area contributed by atoms with Gasteiger partial charge < -0.3 is 4.90 Å². The number of likely N-dealkylation sites (N-methyl/N-ethyl adjacent to an activating group) is 1. The Morgan fingerprint density at radius 2 is 1.85 bits per heavy atom. The number of aromatic nitrogens is 1. The zero-order chi connectivity index (χ0) is 19.2. The number of thioether (sulfide) groups is 2. The molecule has 3 rings (SSSR count). The van der Waals surface area contributed by atoms with Gasteiger partial charge in [0.25, 0.3) is 0 Å². The average molecular weight is 418 g/mol. The molecule has 3 aromatic rings. The summed E-state index contributed by atoms with van der Waals surface area (Å²) >= 11 is 4.87. The van der Waals surface area contributed by atoms with Crippen LogP contribution in [0.4, 0.5) is 5.13 Å². The Bertz CT molecular complexity index is 896. The molecule has 27 heavy (non-hydrogen) atoms. The number of nitrogens with zero attached hydrogens (tertiary/aromatic N) is 3. The Labute approximate surface area is 173 Å². The number of anilines is 1. The zero-order valence-corrected chi connectivity index (χ0v) is 18.2. The summed E-state index contributed by atoms with van der Waals surface area (Å²) in [6.07, 6.45) is 2.07. The standard InChI is InChI=1S/C20H23N3OS3/c1-22(2)11-12-23(19(24)14-26-15-7-5-4-6-8-15)20-21-17-10-9-16(25-3)13-18(17)27-20/h4-10,13H,11-12,14H2,1-3H3. The van der Waals surface area contributed by atoms with Gasteiger partial charge in [-0.2, -0.15) is 0 Å². The molecule has 0 atom stereocenters. The SMILES string of the molecule is CSc1ccc2nc(N(CCN(C)C)C(=O)CSc3ccccc3)sc2c1. The first kappa shape index (κ1) is 20.2. The van der Waals surface area contributed by atoms with Gasteiger partial charge in [-0.15, -0.1) is 23.5 Å². The lowest BCUT2D eigenvalue weighted by Crippen LogP contribution is -2.37. The van der Waals surface area contributed by atoms with E-state index >= 15 is 0 Å². The lowest BCUT2D eigenvalue weighted by molar-refractivity contribution is -0.116. The van der Waals surface area contributed by atoms with Crippen molar-refractivity contribution in [2.45, 2.75) is 9.79 Å². The quantitative estimate of drug-likeness (QED) is 0.496. The van der Waals surface area contributed by atoms with Crippen molar-refractivity contribution in [2.75, 3.05) is 44.1 Å². The fourth-order valence-electron chi connectivity index (χ4n) is 2.50. The van der Waals surface area contributed by atoms with Crippen LogP contribution in [0.5, 0.6) is 0 Å². The summed E-state index contributed by atoms with van der Waals surface area (Å²) in [7, 11) is 4.04. The van der Waals surface area contributed by atoms with Crippen molar-refractivity contribution in [1.29, 1.82) is 0 Å². The number of rotatable bonds is 8. The highest BCUT2D eigenvalue weighted by Crippen LogP contribution is 2.32. The maximum absolute atomic E-state index is 13.0. The predicted molar refractivity (Wildman–Crippen MR) is 119 cm³/mol. The minimum absolute atomic E-state index is 0.0925. The van der Waals surface area contributed by atoms with Crippen molar-refractivity contribution in [3.8, 4) is 0 Å². The van der Waals surface area contributed by atoms with Crippen LogP contribution in [0, 0.1) is 0 Å². The van der Waals surface area contributed by atoms with E-state index in [0.717, 1.165) is 26.8 Å². The van der Waals surface area contributed by atoms with Crippen LogP contribution < -0.4 is 4.90 Å². The van der Waals surface area contributed by atoms with Crippen molar-refractivity contribution in [2.24, 2.45) is 0 Å². The van der Waals surface area contributed by atoms with Crippen LogP contribution in [-0.2, 0) is 4.79 Å². The summed E-state index contributed by atoms with van der Waals surface area (Å²) < 4.78 is 1.12. The first-order chi connectivity index (χ1) is 13.1. The highest BCUT2D eigenvalue weighted by Gasteiger charge is 2.20. The predicted octanol–water partition coefficient (Wildman–Crippen LogP) is 4.71. The van der Waals surface area contributed by atoms with Crippen molar-refractivity contribution >= 4 is 56.1 Å². The normalized spacial score (nSPS) is 11.3. The Morgan fingerprint density at radius 1 is 1.07 bits per heavy atom. The van der Waals surface area contributed by atoms with Crippen molar-refractivity contribution in [1.82, 2.24) is 9.88 Å². The summed E-state index contributed by atoms with van der Waals surface area (Å²) in [5.74, 6) is 0.499. The molecule has 1 aromatic heterocycles. The van der Waals surface area contributed by atoms with Gasteiger partial charge in [-0.3, -0.25) is 9.69 Å². The molecule has 0 radical (unpaired) electrons. The van der Waals surface area contributed by atoms with Crippen molar-refractivity contribution in [3.63, 3.8) is 0 Å². The smallest absolute Gasteiger partial charge is 0.239 e. The highest BCUT2D eigenvalue weighted by molar-refractivity contribution is 8.00. The van der Waals surface area contributed by atoms with E-state index in [1.807, 2.05) is 55.4 Å². The summed E-state index contributed by atoms with van der Waals surface area (Å²) in [6.45, 7) is 1.43. The zero-order valence-electron chi connectivity index (χ0n) is 15.7. The Morgan fingerprint density at radius 3 is 2.56 bits per heavy atom. The van der Waals surface area contributed by atoms with Gasteiger partial charge in [0.05, 0.1) is 16.0 Å². The number of benzene rings is 2. The number of hydrogen-bond donors (Lipinski definition) is 0. The lowest BCUT2D eigenvalue weighted by atomic mass is 10.3. The molecule has 0 fully saturated rings. The second-order valence-corrected chi connectivity index (χ2v) is 9.22. The molecule has 0 bridgehead atoms. The molecule has 0 spiro atoms. The van der Waals surface area contributed by atoms with E-state index in [2.05, 4.69) is 23.3 Å². The van der Waals surface area contributed by atoms with Crippen molar-refractivity contribution in [3.05, 3.63) is 48.5 Å². The van der Waals surface area contributed by atoms with E-state index in [1.165, 1.54) is 4.90 Å². The van der Waals surface area contributed by atoms with E-state index in [4.69, 9.17) is 4.98 Å². The molecule has 0 unspecified atom stereocenters. The number of fused-ring (bicyclic) bond motifs is 1. The van der Waals surface area contributed by atoms with Gasteiger partial charge in [0, 0.05) is 22.9 Å². The van der Waals surface area contributed by atoms with Crippen LogP contribution in [0.15, 0.2) is 58.3 Å². The summed E-state index contributed by atoms with van der Waals surface area (Å²) in [4.78, 5) is 23.9. The fraction of sp³-hybridized carbons (Fsp3) is 0.300. The topological polar surface area (TPSA) is 36.4 Å². The molecule has 0 aliphatic rings. The summed E-state index contributed by atoms with van der Waals surface area (Å²) in [6, 6.07) is 16.3. The van der Waals surface area contributed by atoms with Crippen LogP contribution in [0.2, 0.25) is 0 Å². The Hall–Kier alpha value is -1.54. The average Bonchev–Trinajstić information content (AvgIpc) is 3.09. The van der Waals surface area contributed by atoms with Crippen molar-refractivity contribution < 1.29 is 4.79 Å². The lowest BCUT2D eigenvalue weighted by Gasteiger charge is -2.21. The van der Waals surface area contributed by atoms with Crippen LogP contribution in [0.3, 0.4) is 0 Å². The van der Waals surface area contributed by atoms with Gasteiger partial charge >= 0.3 is 0 Å². The third-order valence-corrected chi connectivity index (χ3v) is 6.76. The molecule has 0 N–H and O–H groups in total. The molecule has 4 nitrogen and oxygen atoms in total. The van der Waals surface area contributed by atoms with Gasteiger partial charge in [-0.25, -0.2) is 4.98 Å². The second kappa shape index (κ2) is 9.59. The van der Waals surface area contributed by atoms with Gasteiger partial charge in [0.15, 0.2) is 5.13 Å². The highest BCUT2D eigenvalue weighted by atomic mass is 32.2. The number of carbonyl (C=O) groups excluding carboxylic acids is 1. The number of amides is 1. The monoisotopic (exact) mass is 417 g/mol. The summed E-state index contributed by atoms with van der Waals surface area (Å²) in [5, 5.41) is 0.781. The molecular formula is C20H23N3OS3. The largest absolute Gasteiger partial charge is 0.308 e. The van der Waals surface area contributed by atoms with E-state index < -0.39 is 0 Å². The third kappa shape index (κ3) is 5.48. The first-order valence-electron chi connectivity index (χ1n) is 8.64. The molecule has 0 aliphatic carbocycles. The Kier molecular flexibility index (Phi) is 7.18. The molecule has 0 saturated carbocycles. The van der Waals surface area contributed by atoms with Crippen LogP contribution >= 0.6 is 34.9 Å². The van der Waals surface area contributed by atoms with Crippen LogP contribution in [-0.4, -0.2) is 55.0 Å². The fourth-order valence-corrected chi connectivity index (χ4v) is 4.86. The molecule has 0 aliphatic heterocycles. The van der Waals surface area contributed by atoms with Crippen LogP contribution in [0.25, 0.3) is 10.2 Å². The maximum atomic E-state index is 13.0. The summed E-state index contributed by atoms with van der Waals surface area (Å²) in [5.41, 5.74) is 0.950. The molecule has 7 heteroatoms. The van der Waals surface area contributed by atoms with Gasteiger partial charge in [0.1, 0.15) is 0 Å². The third-order valence-electron chi connectivity index (χ3n) is 3.99. The maximum Gasteiger partial charge on any atom is 0.239 e. The van der Waals surface area contributed by atoms with Crippen LogP contribution in [0.1, 0.15) is 0 Å². The molecule has 1 amide bonds. The molecule has 0 saturated heterocycles. The van der Waals surface area contributed by atoms with Gasteiger partial charge in [0.2, 0.25) is 5.91 Å². The molecule has 2 aromatic carbocycles. The van der Waals surface area contributed by atoms with Gasteiger partial charge in [-0.05, 0) is 50.7 Å². The van der Waals surface area contributed by atoms with E-state index in [0.29, 0.717) is 12.3 Å². The van der Waals surface area contributed by atoms with E-state index in [1.54, 1.807) is 34.9 Å². The minimum atomic E-state index is 0.0925. The second-order valence-electron chi connectivity index (χ2n) is 6.28. The van der Waals surface area contributed by atoms with Gasteiger partial charge in [-0.1, -0.05) is 29.5 Å². The van der Waals surface area contributed by atoms with E-state index in [-0.39, 0.29) is 5.91 Å². The number of carbonyl (C=O) groups is 1. The first-order valence-corrected chi connectivity index (χ1v) is 11.7. The number of thiazole rings is 1.